The van der Waals surface area contributed by atoms with E-state index >= 15 is 0 Å². The minimum absolute atomic E-state index is 0.0245. The SMILES string of the molecule is COC(=O)c1ccc(CN2C(=O)SC(=Cc3cn(C(C)C)c4ccccc34)C2=O)o1. The largest absolute Gasteiger partial charge is 0.463 e. The maximum Gasteiger partial charge on any atom is 0.373 e. The van der Waals surface area contributed by atoms with Gasteiger partial charge in [-0.25, -0.2) is 4.79 Å². The van der Waals surface area contributed by atoms with Crippen LogP contribution in [0.2, 0.25) is 0 Å². The molecule has 3 heterocycles. The molecular formula is C22H20N2O5S. The van der Waals surface area contributed by atoms with E-state index in [2.05, 4.69) is 23.2 Å². The summed E-state index contributed by atoms with van der Waals surface area (Å²) >= 11 is 0.896. The fourth-order valence-electron chi connectivity index (χ4n) is 3.38. The second kappa shape index (κ2) is 7.87. The lowest BCUT2D eigenvalue weighted by molar-refractivity contribution is -0.123. The second-order valence-corrected chi connectivity index (χ2v) is 8.12. The number of carbonyl (C=O) groups is 3. The van der Waals surface area contributed by atoms with Gasteiger partial charge in [-0.15, -0.1) is 0 Å². The van der Waals surface area contributed by atoms with E-state index in [9.17, 15) is 14.4 Å². The highest BCUT2D eigenvalue weighted by atomic mass is 32.2. The summed E-state index contributed by atoms with van der Waals surface area (Å²) < 4.78 is 12.1. The normalized spacial score (nSPS) is 15.7. The standard InChI is InChI=1S/C22H20N2O5S/c1-13(2)23-11-14(16-6-4-5-7-17(16)23)10-19-20(25)24(22(27)30-19)12-15-8-9-18(29-15)21(26)28-3/h4-11,13H,12H2,1-3H3. The van der Waals surface area contributed by atoms with Crippen molar-refractivity contribution in [2.24, 2.45) is 0 Å². The van der Waals surface area contributed by atoms with Crippen molar-refractivity contribution in [1.82, 2.24) is 9.47 Å². The van der Waals surface area contributed by atoms with Crippen LogP contribution >= 0.6 is 11.8 Å². The minimum atomic E-state index is -0.614. The molecule has 0 saturated carbocycles. The number of amides is 2. The number of rotatable bonds is 5. The molecule has 8 heteroatoms. The summed E-state index contributed by atoms with van der Waals surface area (Å²) in [6, 6.07) is 11.2. The number of benzene rings is 1. The first-order chi connectivity index (χ1) is 14.4. The molecule has 1 aliphatic rings. The number of para-hydroxylation sites is 1. The van der Waals surface area contributed by atoms with Crippen molar-refractivity contribution < 1.29 is 23.5 Å². The number of imide groups is 1. The van der Waals surface area contributed by atoms with Gasteiger partial charge in [0.2, 0.25) is 5.76 Å². The zero-order valence-electron chi connectivity index (χ0n) is 16.7. The minimum Gasteiger partial charge on any atom is -0.463 e. The summed E-state index contributed by atoms with van der Waals surface area (Å²) in [5.74, 6) is -0.647. The fourth-order valence-corrected chi connectivity index (χ4v) is 4.21. The van der Waals surface area contributed by atoms with Gasteiger partial charge in [0.05, 0.1) is 18.6 Å². The van der Waals surface area contributed by atoms with Crippen LogP contribution in [0.3, 0.4) is 0 Å². The molecule has 2 amide bonds. The Hall–Kier alpha value is -3.26. The van der Waals surface area contributed by atoms with Crippen molar-refractivity contribution in [3.8, 4) is 0 Å². The number of thioether (sulfide) groups is 1. The van der Waals surface area contributed by atoms with Gasteiger partial charge in [-0.1, -0.05) is 18.2 Å². The highest BCUT2D eigenvalue weighted by molar-refractivity contribution is 8.18. The van der Waals surface area contributed by atoms with Crippen molar-refractivity contribution in [1.29, 1.82) is 0 Å². The Balaban J connectivity index is 1.62. The van der Waals surface area contributed by atoms with Crippen molar-refractivity contribution in [3.05, 3.63) is 64.6 Å². The molecule has 4 rings (SSSR count). The summed E-state index contributed by atoms with van der Waals surface area (Å²) in [5.41, 5.74) is 1.96. The van der Waals surface area contributed by atoms with Crippen LogP contribution in [0.5, 0.6) is 0 Å². The van der Waals surface area contributed by atoms with E-state index in [1.54, 1.807) is 12.1 Å². The van der Waals surface area contributed by atoms with Crippen LogP contribution in [0.1, 0.15) is 41.8 Å². The van der Waals surface area contributed by atoms with Crippen LogP contribution in [0.25, 0.3) is 17.0 Å². The number of furan rings is 1. The quantitative estimate of drug-likeness (QED) is 0.431. The molecule has 1 aromatic carbocycles. The van der Waals surface area contributed by atoms with Crippen molar-refractivity contribution in [2.75, 3.05) is 7.11 Å². The van der Waals surface area contributed by atoms with E-state index in [0.29, 0.717) is 10.7 Å². The van der Waals surface area contributed by atoms with Gasteiger partial charge in [0.1, 0.15) is 5.76 Å². The molecule has 0 aliphatic carbocycles. The Kier molecular flexibility index (Phi) is 5.26. The molecule has 1 fully saturated rings. The van der Waals surface area contributed by atoms with Crippen LogP contribution in [-0.2, 0) is 16.1 Å². The predicted octanol–water partition coefficient (Wildman–Crippen LogP) is 4.84. The first-order valence-corrected chi connectivity index (χ1v) is 10.2. The summed E-state index contributed by atoms with van der Waals surface area (Å²) in [7, 11) is 1.25. The van der Waals surface area contributed by atoms with E-state index in [1.807, 2.05) is 30.5 Å². The van der Waals surface area contributed by atoms with Crippen molar-refractivity contribution in [2.45, 2.75) is 26.4 Å². The maximum absolute atomic E-state index is 12.9. The number of esters is 1. The van der Waals surface area contributed by atoms with Crippen LogP contribution in [0, 0.1) is 0 Å². The third-order valence-corrected chi connectivity index (χ3v) is 5.76. The summed E-state index contributed by atoms with van der Waals surface area (Å²) in [6.07, 6.45) is 3.76. The Morgan fingerprint density at radius 2 is 1.97 bits per heavy atom. The highest BCUT2D eigenvalue weighted by Crippen LogP contribution is 2.35. The predicted molar refractivity (Wildman–Crippen MR) is 114 cm³/mol. The average molecular weight is 424 g/mol. The molecule has 0 unspecified atom stereocenters. The molecule has 30 heavy (non-hydrogen) atoms. The van der Waals surface area contributed by atoms with Crippen molar-refractivity contribution >= 4 is 45.9 Å². The smallest absolute Gasteiger partial charge is 0.373 e. The van der Waals surface area contributed by atoms with Gasteiger partial charge in [-0.2, -0.15) is 0 Å². The van der Waals surface area contributed by atoms with Crippen LogP contribution in [-0.4, -0.2) is 33.7 Å². The molecular weight excluding hydrogens is 404 g/mol. The van der Waals surface area contributed by atoms with Gasteiger partial charge in [0.25, 0.3) is 11.1 Å². The Morgan fingerprint density at radius 1 is 1.20 bits per heavy atom. The Morgan fingerprint density at radius 3 is 2.70 bits per heavy atom. The maximum atomic E-state index is 12.9. The molecule has 0 radical (unpaired) electrons. The molecule has 3 aromatic rings. The Bertz CT molecular complexity index is 1190. The number of fused-ring (bicyclic) bond motifs is 1. The molecule has 1 saturated heterocycles. The fraction of sp³-hybridized carbons (Fsp3) is 0.227. The lowest BCUT2D eigenvalue weighted by atomic mass is 10.1. The lowest BCUT2D eigenvalue weighted by Crippen LogP contribution is -2.27. The Labute approximate surface area is 177 Å². The van der Waals surface area contributed by atoms with Crippen LogP contribution in [0.4, 0.5) is 4.79 Å². The lowest BCUT2D eigenvalue weighted by Gasteiger charge is -2.09. The number of hydrogen-bond donors (Lipinski definition) is 0. The topological polar surface area (TPSA) is 81.8 Å². The van der Waals surface area contributed by atoms with Crippen molar-refractivity contribution in [3.63, 3.8) is 0 Å². The molecule has 0 N–H and O–H groups in total. The number of nitrogens with zero attached hydrogens (tertiary/aromatic N) is 2. The van der Waals surface area contributed by atoms with Gasteiger partial charge < -0.3 is 13.7 Å². The van der Waals surface area contributed by atoms with E-state index in [4.69, 9.17) is 4.42 Å². The molecule has 2 aromatic heterocycles. The average Bonchev–Trinajstić information content (AvgIpc) is 3.41. The third-order valence-electron chi connectivity index (χ3n) is 4.85. The third kappa shape index (κ3) is 3.54. The number of carbonyl (C=O) groups excluding carboxylic acids is 3. The highest BCUT2D eigenvalue weighted by Gasteiger charge is 2.36. The molecule has 1 aliphatic heterocycles. The van der Waals surface area contributed by atoms with Gasteiger partial charge in [-0.05, 0) is 49.9 Å². The number of ether oxygens (including phenoxy) is 1. The first-order valence-electron chi connectivity index (χ1n) is 9.41. The monoisotopic (exact) mass is 424 g/mol. The number of methoxy groups -OCH3 is 1. The zero-order chi connectivity index (χ0) is 21.4. The van der Waals surface area contributed by atoms with E-state index < -0.39 is 5.97 Å². The van der Waals surface area contributed by atoms with E-state index in [1.165, 1.54) is 13.2 Å². The van der Waals surface area contributed by atoms with Gasteiger partial charge in [0.15, 0.2) is 0 Å². The van der Waals surface area contributed by atoms with E-state index in [-0.39, 0.29) is 29.5 Å². The van der Waals surface area contributed by atoms with Gasteiger partial charge in [0, 0.05) is 28.7 Å². The zero-order valence-corrected chi connectivity index (χ0v) is 17.6. The van der Waals surface area contributed by atoms with Gasteiger partial charge >= 0.3 is 5.97 Å². The first kappa shape index (κ1) is 20.0. The summed E-state index contributed by atoms with van der Waals surface area (Å²) in [4.78, 5) is 38.3. The molecule has 154 valence electrons. The molecule has 7 nitrogen and oxygen atoms in total. The van der Waals surface area contributed by atoms with Crippen LogP contribution in [0.15, 0.2) is 51.9 Å². The molecule has 0 bridgehead atoms. The van der Waals surface area contributed by atoms with E-state index in [0.717, 1.165) is 33.1 Å². The number of hydrogen-bond acceptors (Lipinski definition) is 6. The van der Waals surface area contributed by atoms with Crippen LogP contribution < -0.4 is 0 Å². The summed E-state index contributed by atoms with van der Waals surface area (Å²) in [5, 5.41) is 0.640. The van der Waals surface area contributed by atoms with Gasteiger partial charge in [-0.3, -0.25) is 14.5 Å². The second-order valence-electron chi connectivity index (χ2n) is 7.13. The number of aromatic nitrogens is 1. The molecule has 0 atom stereocenters. The molecule has 0 spiro atoms. The summed E-state index contributed by atoms with van der Waals surface area (Å²) in [6.45, 7) is 4.14.